The summed E-state index contributed by atoms with van der Waals surface area (Å²) in [6.45, 7) is 1.09. The first kappa shape index (κ1) is 15.6. The molecule has 1 saturated heterocycles. The second-order valence-corrected chi connectivity index (χ2v) is 6.01. The van der Waals surface area contributed by atoms with Gasteiger partial charge in [-0.3, -0.25) is 14.7 Å². The van der Waals surface area contributed by atoms with Gasteiger partial charge in [0.15, 0.2) is 0 Å². The number of nitrogens with zero attached hydrogens (tertiary/aromatic N) is 2. The van der Waals surface area contributed by atoms with Crippen molar-refractivity contribution in [2.75, 3.05) is 18.4 Å². The number of aromatic amines is 1. The number of amides is 2. The van der Waals surface area contributed by atoms with E-state index in [2.05, 4.69) is 15.5 Å². The Kier molecular flexibility index (Phi) is 4.62. The molecule has 2 aromatic rings. The van der Waals surface area contributed by atoms with Gasteiger partial charge in [0.25, 0.3) is 5.91 Å². The summed E-state index contributed by atoms with van der Waals surface area (Å²) >= 11 is 5.85. The average molecular weight is 333 g/mol. The summed E-state index contributed by atoms with van der Waals surface area (Å²) in [6, 6.07) is 6.81. The zero-order valence-corrected chi connectivity index (χ0v) is 13.2. The molecule has 6 nitrogen and oxygen atoms in total. The number of likely N-dealkylation sites (tertiary alicyclic amines) is 1. The SMILES string of the molecule is O=C(Nc1cn[nH]c1)[C@H]1CCCN(C(=O)c2ccc(Cl)cc2)C1. The smallest absolute Gasteiger partial charge is 0.253 e. The molecule has 23 heavy (non-hydrogen) atoms. The van der Waals surface area contributed by atoms with E-state index < -0.39 is 0 Å². The van der Waals surface area contributed by atoms with Crippen LogP contribution in [0.5, 0.6) is 0 Å². The van der Waals surface area contributed by atoms with Crippen molar-refractivity contribution in [1.82, 2.24) is 15.1 Å². The average Bonchev–Trinajstić information content (AvgIpc) is 3.08. The predicted octanol–water partition coefficient (Wildman–Crippen LogP) is 2.55. The molecule has 1 aliphatic rings. The Hall–Kier alpha value is -2.34. The fourth-order valence-corrected chi connectivity index (χ4v) is 2.84. The highest BCUT2D eigenvalue weighted by atomic mass is 35.5. The molecule has 0 spiro atoms. The number of aromatic nitrogens is 2. The number of benzene rings is 1. The Morgan fingerprint density at radius 1 is 1.30 bits per heavy atom. The van der Waals surface area contributed by atoms with Gasteiger partial charge in [-0.05, 0) is 37.1 Å². The number of anilines is 1. The van der Waals surface area contributed by atoms with E-state index in [1.165, 1.54) is 0 Å². The molecule has 7 heteroatoms. The van der Waals surface area contributed by atoms with Crippen LogP contribution in [0.1, 0.15) is 23.2 Å². The molecule has 1 atom stereocenters. The van der Waals surface area contributed by atoms with Crippen LogP contribution < -0.4 is 5.32 Å². The van der Waals surface area contributed by atoms with Gasteiger partial charge in [0.1, 0.15) is 0 Å². The summed E-state index contributed by atoms with van der Waals surface area (Å²) in [5.74, 6) is -0.364. The lowest BCUT2D eigenvalue weighted by Gasteiger charge is -2.32. The van der Waals surface area contributed by atoms with Gasteiger partial charge < -0.3 is 10.2 Å². The summed E-state index contributed by atoms with van der Waals surface area (Å²) in [5.41, 5.74) is 1.22. The van der Waals surface area contributed by atoms with Gasteiger partial charge in [0.05, 0.1) is 17.8 Å². The second kappa shape index (κ2) is 6.83. The Morgan fingerprint density at radius 2 is 2.09 bits per heavy atom. The molecule has 1 fully saturated rings. The minimum atomic E-state index is -0.213. The number of carbonyl (C=O) groups excluding carboxylic acids is 2. The molecule has 3 rings (SSSR count). The third-order valence-corrected chi connectivity index (χ3v) is 4.19. The number of hydrogen-bond acceptors (Lipinski definition) is 3. The third kappa shape index (κ3) is 3.71. The first-order chi connectivity index (χ1) is 11.1. The van der Waals surface area contributed by atoms with E-state index in [9.17, 15) is 9.59 Å². The molecule has 0 bridgehead atoms. The van der Waals surface area contributed by atoms with Crippen LogP contribution in [0.2, 0.25) is 5.02 Å². The van der Waals surface area contributed by atoms with E-state index in [0.717, 1.165) is 12.8 Å². The minimum absolute atomic E-state index is 0.0672. The first-order valence-electron chi connectivity index (χ1n) is 7.48. The van der Waals surface area contributed by atoms with Crippen LogP contribution in [0.4, 0.5) is 5.69 Å². The molecule has 2 heterocycles. The van der Waals surface area contributed by atoms with E-state index in [1.54, 1.807) is 41.6 Å². The summed E-state index contributed by atoms with van der Waals surface area (Å²) in [5, 5.41) is 9.85. The monoisotopic (exact) mass is 332 g/mol. The fourth-order valence-electron chi connectivity index (χ4n) is 2.71. The summed E-state index contributed by atoms with van der Waals surface area (Å²) in [4.78, 5) is 26.6. The van der Waals surface area contributed by atoms with E-state index in [-0.39, 0.29) is 17.7 Å². The number of piperidine rings is 1. The first-order valence-corrected chi connectivity index (χ1v) is 7.86. The van der Waals surface area contributed by atoms with Crippen molar-refractivity contribution < 1.29 is 9.59 Å². The van der Waals surface area contributed by atoms with Gasteiger partial charge >= 0.3 is 0 Å². The van der Waals surface area contributed by atoms with Gasteiger partial charge in [0.2, 0.25) is 5.91 Å². The molecular formula is C16H17ClN4O2. The van der Waals surface area contributed by atoms with Crippen molar-refractivity contribution >= 4 is 29.1 Å². The van der Waals surface area contributed by atoms with Gasteiger partial charge in [-0.15, -0.1) is 0 Å². The van der Waals surface area contributed by atoms with E-state index >= 15 is 0 Å². The number of rotatable bonds is 3. The Bertz CT molecular complexity index is 685. The molecule has 1 aromatic heterocycles. The number of carbonyl (C=O) groups is 2. The minimum Gasteiger partial charge on any atom is -0.338 e. The summed E-state index contributed by atoms with van der Waals surface area (Å²) < 4.78 is 0. The van der Waals surface area contributed by atoms with Crippen LogP contribution in [-0.2, 0) is 4.79 Å². The maximum Gasteiger partial charge on any atom is 0.253 e. The van der Waals surface area contributed by atoms with E-state index in [4.69, 9.17) is 11.6 Å². The Labute approximate surface area is 138 Å². The fraction of sp³-hybridized carbons (Fsp3) is 0.312. The quantitative estimate of drug-likeness (QED) is 0.906. The highest BCUT2D eigenvalue weighted by molar-refractivity contribution is 6.30. The second-order valence-electron chi connectivity index (χ2n) is 5.57. The molecule has 2 N–H and O–H groups in total. The Morgan fingerprint density at radius 3 is 2.78 bits per heavy atom. The largest absolute Gasteiger partial charge is 0.338 e. The third-order valence-electron chi connectivity index (χ3n) is 3.94. The van der Waals surface area contributed by atoms with E-state index in [0.29, 0.717) is 29.4 Å². The van der Waals surface area contributed by atoms with Crippen molar-refractivity contribution in [3.63, 3.8) is 0 Å². The standard InChI is InChI=1S/C16H17ClN4O2/c17-13-5-3-11(4-6-13)16(23)21-7-1-2-12(10-21)15(22)20-14-8-18-19-9-14/h3-6,8-9,12H,1-2,7,10H2,(H,18,19)(H,20,22)/t12-/m0/s1. The van der Waals surface area contributed by atoms with Gasteiger partial charge in [-0.2, -0.15) is 5.10 Å². The van der Waals surface area contributed by atoms with Crippen LogP contribution in [-0.4, -0.2) is 40.0 Å². The van der Waals surface area contributed by atoms with E-state index in [1.807, 2.05) is 0 Å². The molecule has 2 amide bonds. The van der Waals surface area contributed by atoms with Crippen LogP contribution in [0.25, 0.3) is 0 Å². The number of halogens is 1. The summed E-state index contributed by atoms with van der Waals surface area (Å²) in [6.07, 6.45) is 4.76. The Balaban J connectivity index is 1.64. The predicted molar refractivity (Wildman–Crippen MR) is 87.3 cm³/mol. The van der Waals surface area contributed by atoms with Crippen molar-refractivity contribution in [2.45, 2.75) is 12.8 Å². The highest BCUT2D eigenvalue weighted by Crippen LogP contribution is 2.21. The van der Waals surface area contributed by atoms with Crippen molar-refractivity contribution in [2.24, 2.45) is 5.92 Å². The number of H-pyrrole nitrogens is 1. The molecule has 0 aliphatic carbocycles. The van der Waals surface area contributed by atoms with Crippen LogP contribution in [0.3, 0.4) is 0 Å². The van der Waals surface area contributed by atoms with Crippen LogP contribution in [0, 0.1) is 5.92 Å². The maximum atomic E-state index is 12.5. The molecule has 1 aliphatic heterocycles. The lowest BCUT2D eigenvalue weighted by atomic mass is 9.96. The van der Waals surface area contributed by atoms with Gasteiger partial charge in [-0.1, -0.05) is 11.6 Å². The molecule has 0 unspecified atom stereocenters. The molecule has 120 valence electrons. The van der Waals surface area contributed by atoms with Crippen LogP contribution >= 0.6 is 11.6 Å². The van der Waals surface area contributed by atoms with Crippen LogP contribution in [0.15, 0.2) is 36.7 Å². The van der Waals surface area contributed by atoms with Crippen molar-refractivity contribution in [1.29, 1.82) is 0 Å². The molecule has 0 radical (unpaired) electrons. The van der Waals surface area contributed by atoms with Gasteiger partial charge in [0, 0.05) is 29.9 Å². The lowest BCUT2D eigenvalue weighted by molar-refractivity contribution is -0.121. The topological polar surface area (TPSA) is 78.1 Å². The van der Waals surface area contributed by atoms with Crippen molar-refractivity contribution in [3.05, 3.63) is 47.2 Å². The molecule has 0 saturated carbocycles. The lowest BCUT2D eigenvalue weighted by Crippen LogP contribution is -2.43. The van der Waals surface area contributed by atoms with Gasteiger partial charge in [-0.25, -0.2) is 0 Å². The summed E-state index contributed by atoms with van der Waals surface area (Å²) in [7, 11) is 0. The zero-order valence-electron chi connectivity index (χ0n) is 12.5. The molecular weight excluding hydrogens is 316 g/mol. The molecule has 1 aromatic carbocycles. The number of nitrogens with one attached hydrogen (secondary N) is 2. The maximum absolute atomic E-state index is 12.5. The van der Waals surface area contributed by atoms with Crippen molar-refractivity contribution in [3.8, 4) is 0 Å². The number of hydrogen-bond donors (Lipinski definition) is 2. The highest BCUT2D eigenvalue weighted by Gasteiger charge is 2.29. The zero-order chi connectivity index (χ0) is 16.2. The normalized spacial score (nSPS) is 17.8.